The molecule has 0 aromatic heterocycles. The summed E-state index contributed by atoms with van der Waals surface area (Å²) >= 11 is 0. The Bertz CT molecular complexity index is 771. The van der Waals surface area contributed by atoms with Gasteiger partial charge in [0, 0.05) is 29.9 Å². The first-order chi connectivity index (χ1) is 13.0. The van der Waals surface area contributed by atoms with Gasteiger partial charge in [-0.2, -0.15) is 0 Å². The van der Waals surface area contributed by atoms with Gasteiger partial charge in [0.05, 0.1) is 0 Å². The second-order valence-electron chi connectivity index (χ2n) is 7.51. The molecule has 1 N–H and O–H groups in total. The Labute approximate surface area is 161 Å². The van der Waals surface area contributed by atoms with Gasteiger partial charge in [-0.3, -0.25) is 9.59 Å². The molecular formula is C23H28N2O2. The fourth-order valence-electron chi connectivity index (χ4n) is 3.38. The average molecular weight is 364 g/mol. The van der Waals surface area contributed by atoms with Crippen LogP contribution in [-0.4, -0.2) is 29.8 Å². The van der Waals surface area contributed by atoms with Crippen molar-refractivity contribution >= 4 is 17.5 Å². The number of rotatable bonds is 4. The van der Waals surface area contributed by atoms with Crippen molar-refractivity contribution in [3.63, 3.8) is 0 Å². The number of likely N-dealkylation sites (tertiary alicyclic amines) is 1. The van der Waals surface area contributed by atoms with Crippen molar-refractivity contribution in [1.29, 1.82) is 0 Å². The summed E-state index contributed by atoms with van der Waals surface area (Å²) in [6.45, 7) is 5.94. The Hall–Kier alpha value is -2.62. The largest absolute Gasteiger partial charge is 0.339 e. The number of carbonyl (C=O) groups is 2. The second kappa shape index (κ2) is 8.85. The lowest BCUT2D eigenvalue weighted by molar-refractivity contribution is 0.0761. The van der Waals surface area contributed by atoms with Crippen LogP contribution in [-0.2, 0) is 0 Å². The van der Waals surface area contributed by atoms with Crippen LogP contribution in [0.2, 0.25) is 0 Å². The zero-order valence-corrected chi connectivity index (χ0v) is 16.2. The summed E-state index contributed by atoms with van der Waals surface area (Å²) in [5.41, 5.74) is 3.21. The molecular weight excluding hydrogens is 336 g/mol. The molecule has 2 aromatic carbocycles. The molecule has 142 valence electrons. The fourth-order valence-corrected chi connectivity index (χ4v) is 3.38. The van der Waals surface area contributed by atoms with Crippen LogP contribution < -0.4 is 5.32 Å². The molecule has 1 saturated heterocycles. The molecule has 1 aliphatic rings. The highest BCUT2D eigenvalue weighted by atomic mass is 16.2. The normalized spacial score (nSPS) is 14.7. The Balaban J connectivity index is 1.63. The molecule has 0 spiro atoms. The molecule has 0 bridgehead atoms. The molecule has 4 heteroatoms. The molecule has 0 unspecified atom stereocenters. The van der Waals surface area contributed by atoms with E-state index in [1.54, 1.807) is 24.3 Å². The Morgan fingerprint density at radius 1 is 0.815 bits per heavy atom. The maximum absolute atomic E-state index is 12.6. The third-order valence-corrected chi connectivity index (χ3v) is 5.12. The standard InChI is InChI=1S/C23H28N2O2/c1-17(2)18-11-13-21(14-12-18)24-22(26)19-7-9-20(10-8-19)23(27)25-15-5-3-4-6-16-25/h7-14,17H,3-6,15-16H2,1-2H3,(H,24,26). The van der Waals surface area contributed by atoms with E-state index in [9.17, 15) is 9.59 Å². The van der Waals surface area contributed by atoms with Crippen molar-refractivity contribution in [2.75, 3.05) is 18.4 Å². The molecule has 27 heavy (non-hydrogen) atoms. The average Bonchev–Trinajstić information content (AvgIpc) is 2.97. The number of amides is 2. The minimum atomic E-state index is -0.166. The molecule has 1 aliphatic heterocycles. The van der Waals surface area contributed by atoms with E-state index in [1.807, 2.05) is 29.2 Å². The molecule has 2 aromatic rings. The van der Waals surface area contributed by atoms with Gasteiger partial charge in [0.1, 0.15) is 0 Å². The Morgan fingerprint density at radius 2 is 1.37 bits per heavy atom. The molecule has 0 saturated carbocycles. The topological polar surface area (TPSA) is 49.4 Å². The van der Waals surface area contributed by atoms with Gasteiger partial charge in [-0.15, -0.1) is 0 Å². The first-order valence-corrected chi connectivity index (χ1v) is 9.85. The highest BCUT2D eigenvalue weighted by molar-refractivity contribution is 6.05. The summed E-state index contributed by atoms with van der Waals surface area (Å²) in [6, 6.07) is 14.9. The van der Waals surface area contributed by atoms with Crippen molar-refractivity contribution in [1.82, 2.24) is 4.90 Å². The number of nitrogens with zero attached hydrogens (tertiary/aromatic N) is 1. The lowest BCUT2D eigenvalue weighted by atomic mass is 10.0. The number of benzene rings is 2. The number of nitrogens with one attached hydrogen (secondary N) is 1. The molecule has 0 radical (unpaired) electrons. The summed E-state index contributed by atoms with van der Waals surface area (Å²) in [7, 11) is 0. The van der Waals surface area contributed by atoms with Crippen LogP contribution >= 0.6 is 0 Å². The molecule has 0 aliphatic carbocycles. The predicted molar refractivity (Wildman–Crippen MR) is 109 cm³/mol. The zero-order valence-electron chi connectivity index (χ0n) is 16.2. The van der Waals surface area contributed by atoms with Crippen LogP contribution in [0.3, 0.4) is 0 Å². The molecule has 2 amide bonds. The van der Waals surface area contributed by atoms with Crippen LogP contribution in [0.25, 0.3) is 0 Å². The molecule has 3 rings (SSSR count). The van der Waals surface area contributed by atoms with E-state index < -0.39 is 0 Å². The summed E-state index contributed by atoms with van der Waals surface area (Å²) in [5.74, 6) is 0.359. The van der Waals surface area contributed by atoms with Gasteiger partial charge in [0.2, 0.25) is 0 Å². The van der Waals surface area contributed by atoms with Gasteiger partial charge < -0.3 is 10.2 Å². The molecule has 0 atom stereocenters. The minimum Gasteiger partial charge on any atom is -0.339 e. The third kappa shape index (κ3) is 4.97. The van der Waals surface area contributed by atoms with E-state index >= 15 is 0 Å². The van der Waals surface area contributed by atoms with E-state index in [2.05, 4.69) is 19.2 Å². The van der Waals surface area contributed by atoms with Crippen molar-refractivity contribution in [2.24, 2.45) is 0 Å². The van der Waals surface area contributed by atoms with E-state index in [-0.39, 0.29) is 11.8 Å². The number of hydrogen-bond donors (Lipinski definition) is 1. The number of carbonyl (C=O) groups excluding carboxylic acids is 2. The van der Waals surface area contributed by atoms with Gasteiger partial charge in [-0.1, -0.05) is 38.8 Å². The van der Waals surface area contributed by atoms with Crippen LogP contribution in [0.4, 0.5) is 5.69 Å². The highest BCUT2D eigenvalue weighted by Gasteiger charge is 2.17. The van der Waals surface area contributed by atoms with Crippen molar-refractivity contribution in [2.45, 2.75) is 45.4 Å². The summed E-state index contributed by atoms with van der Waals surface area (Å²) in [6.07, 6.45) is 4.53. The quantitative estimate of drug-likeness (QED) is 0.822. The lowest BCUT2D eigenvalue weighted by Crippen LogP contribution is -2.31. The van der Waals surface area contributed by atoms with E-state index in [4.69, 9.17) is 0 Å². The van der Waals surface area contributed by atoms with E-state index in [0.29, 0.717) is 17.0 Å². The van der Waals surface area contributed by atoms with Crippen molar-refractivity contribution < 1.29 is 9.59 Å². The maximum atomic E-state index is 12.6. The number of anilines is 1. The van der Waals surface area contributed by atoms with E-state index in [0.717, 1.165) is 31.6 Å². The Kier molecular flexibility index (Phi) is 6.28. The van der Waals surface area contributed by atoms with Crippen LogP contribution in [0.1, 0.15) is 71.7 Å². The van der Waals surface area contributed by atoms with Crippen molar-refractivity contribution in [3.8, 4) is 0 Å². The number of hydrogen-bond acceptors (Lipinski definition) is 2. The molecule has 1 heterocycles. The first-order valence-electron chi connectivity index (χ1n) is 9.85. The zero-order chi connectivity index (χ0) is 19.2. The maximum Gasteiger partial charge on any atom is 0.255 e. The summed E-state index contributed by atoms with van der Waals surface area (Å²) < 4.78 is 0. The minimum absolute atomic E-state index is 0.0631. The van der Waals surface area contributed by atoms with Crippen molar-refractivity contribution in [3.05, 3.63) is 65.2 Å². The highest BCUT2D eigenvalue weighted by Crippen LogP contribution is 2.18. The molecule has 1 fully saturated rings. The van der Waals surface area contributed by atoms with Crippen LogP contribution in [0, 0.1) is 0 Å². The van der Waals surface area contributed by atoms with Gasteiger partial charge in [0.25, 0.3) is 11.8 Å². The first kappa shape index (κ1) is 19.2. The smallest absolute Gasteiger partial charge is 0.255 e. The van der Waals surface area contributed by atoms with Crippen LogP contribution in [0.5, 0.6) is 0 Å². The second-order valence-corrected chi connectivity index (χ2v) is 7.51. The van der Waals surface area contributed by atoms with Gasteiger partial charge in [-0.25, -0.2) is 0 Å². The van der Waals surface area contributed by atoms with Gasteiger partial charge in [0.15, 0.2) is 0 Å². The Morgan fingerprint density at radius 3 is 1.93 bits per heavy atom. The van der Waals surface area contributed by atoms with Crippen LogP contribution in [0.15, 0.2) is 48.5 Å². The van der Waals surface area contributed by atoms with Gasteiger partial charge >= 0.3 is 0 Å². The monoisotopic (exact) mass is 364 g/mol. The predicted octanol–water partition coefficient (Wildman–Crippen LogP) is 5.08. The van der Waals surface area contributed by atoms with E-state index in [1.165, 1.54) is 18.4 Å². The molecule has 4 nitrogen and oxygen atoms in total. The SMILES string of the molecule is CC(C)c1ccc(NC(=O)c2ccc(C(=O)N3CCCCCC3)cc2)cc1. The summed E-state index contributed by atoms with van der Waals surface area (Å²) in [4.78, 5) is 27.0. The third-order valence-electron chi connectivity index (χ3n) is 5.12. The van der Waals surface area contributed by atoms with Gasteiger partial charge in [-0.05, 0) is 60.7 Å². The summed E-state index contributed by atoms with van der Waals surface area (Å²) in [5, 5.41) is 2.91. The lowest BCUT2D eigenvalue weighted by Gasteiger charge is -2.20. The fraction of sp³-hybridized carbons (Fsp3) is 0.391.